The largest absolute Gasteiger partial charge is 0.494 e. The van der Waals surface area contributed by atoms with Gasteiger partial charge in [0.05, 0.1) is 18.9 Å². The molecule has 1 aliphatic heterocycles. The van der Waals surface area contributed by atoms with E-state index in [-0.39, 0.29) is 12.2 Å². The van der Waals surface area contributed by atoms with Gasteiger partial charge in [-0.3, -0.25) is 14.5 Å². The number of Topliss-reactive ketones (excluding diaryl/α,β-unsaturated/α-hetero) is 1. The van der Waals surface area contributed by atoms with Gasteiger partial charge in [-0.2, -0.15) is 0 Å². The molecule has 0 aromatic heterocycles. The molecule has 25 heavy (non-hydrogen) atoms. The Balaban J connectivity index is 2.00. The summed E-state index contributed by atoms with van der Waals surface area (Å²) in [6, 6.07) is 4.78. The molecule has 0 aliphatic carbocycles. The SMILES string of the molecule is CCOc1ccc(C(=O)CN2C(=O)NC(CCS(C)(=O)=O)C2=O)cc1. The Kier molecular flexibility index (Phi) is 5.78. The number of imide groups is 1. The van der Waals surface area contributed by atoms with Crippen LogP contribution in [-0.4, -0.2) is 62.2 Å². The number of ether oxygens (including phenoxy) is 1. The Hall–Kier alpha value is -2.42. The monoisotopic (exact) mass is 368 g/mol. The van der Waals surface area contributed by atoms with Crippen LogP contribution in [0.3, 0.4) is 0 Å². The molecular weight excluding hydrogens is 348 g/mol. The number of urea groups is 1. The van der Waals surface area contributed by atoms with E-state index in [2.05, 4.69) is 5.32 Å². The summed E-state index contributed by atoms with van der Waals surface area (Å²) >= 11 is 0. The Morgan fingerprint density at radius 2 is 1.88 bits per heavy atom. The minimum Gasteiger partial charge on any atom is -0.494 e. The van der Waals surface area contributed by atoms with Gasteiger partial charge in [0, 0.05) is 11.8 Å². The van der Waals surface area contributed by atoms with Crippen molar-refractivity contribution in [2.24, 2.45) is 0 Å². The van der Waals surface area contributed by atoms with Crippen LogP contribution >= 0.6 is 0 Å². The van der Waals surface area contributed by atoms with Gasteiger partial charge in [-0.15, -0.1) is 0 Å². The highest BCUT2D eigenvalue weighted by Gasteiger charge is 2.39. The zero-order valence-corrected chi connectivity index (χ0v) is 14.8. The lowest BCUT2D eigenvalue weighted by Crippen LogP contribution is -2.36. The lowest BCUT2D eigenvalue weighted by molar-refractivity contribution is -0.127. The van der Waals surface area contributed by atoms with Gasteiger partial charge < -0.3 is 10.1 Å². The predicted octanol–water partition coefficient (Wildman–Crippen LogP) is 0.623. The minimum atomic E-state index is -3.25. The molecule has 136 valence electrons. The van der Waals surface area contributed by atoms with Crippen LogP contribution in [0, 0.1) is 0 Å². The standard InChI is InChI=1S/C16H20N2O6S/c1-3-24-12-6-4-11(5-7-12)14(19)10-18-15(20)13(17-16(18)21)8-9-25(2,22)23/h4-7,13H,3,8-10H2,1-2H3,(H,17,21). The van der Waals surface area contributed by atoms with E-state index in [0.717, 1.165) is 11.2 Å². The highest BCUT2D eigenvalue weighted by Crippen LogP contribution is 2.15. The first kappa shape index (κ1) is 18.9. The van der Waals surface area contributed by atoms with Gasteiger partial charge >= 0.3 is 6.03 Å². The number of hydrogen-bond donors (Lipinski definition) is 1. The molecule has 0 bridgehead atoms. The van der Waals surface area contributed by atoms with Crippen LogP contribution in [0.25, 0.3) is 0 Å². The normalized spacial score (nSPS) is 17.5. The van der Waals surface area contributed by atoms with E-state index >= 15 is 0 Å². The molecule has 3 amide bonds. The molecule has 0 spiro atoms. The summed E-state index contributed by atoms with van der Waals surface area (Å²) in [4.78, 5) is 37.2. The molecule has 8 nitrogen and oxygen atoms in total. The van der Waals surface area contributed by atoms with Crippen LogP contribution in [-0.2, 0) is 14.6 Å². The number of amides is 3. The molecule has 1 unspecified atom stereocenters. The van der Waals surface area contributed by atoms with Crippen LogP contribution in [0.4, 0.5) is 4.79 Å². The zero-order valence-electron chi connectivity index (χ0n) is 14.0. The topological polar surface area (TPSA) is 110 Å². The third kappa shape index (κ3) is 5.02. The van der Waals surface area contributed by atoms with Gasteiger partial charge in [-0.25, -0.2) is 13.2 Å². The van der Waals surface area contributed by atoms with E-state index in [4.69, 9.17) is 4.74 Å². The molecule has 2 rings (SSSR count). The van der Waals surface area contributed by atoms with Crippen molar-refractivity contribution >= 4 is 27.6 Å². The number of nitrogens with zero attached hydrogens (tertiary/aromatic N) is 1. The fraction of sp³-hybridized carbons (Fsp3) is 0.438. The van der Waals surface area contributed by atoms with E-state index in [1.54, 1.807) is 24.3 Å². The quantitative estimate of drug-likeness (QED) is 0.532. The Bertz CT molecular complexity index is 772. The lowest BCUT2D eigenvalue weighted by atomic mass is 10.1. The van der Waals surface area contributed by atoms with Gasteiger partial charge in [-0.1, -0.05) is 0 Å². The molecule has 1 aliphatic rings. The molecule has 1 saturated heterocycles. The maximum atomic E-state index is 12.3. The van der Waals surface area contributed by atoms with E-state index < -0.39 is 40.1 Å². The number of ketones is 1. The fourth-order valence-corrected chi connectivity index (χ4v) is 3.06. The summed E-state index contributed by atoms with van der Waals surface area (Å²) in [5, 5.41) is 2.41. The minimum absolute atomic E-state index is 0.0167. The predicted molar refractivity (Wildman–Crippen MR) is 90.3 cm³/mol. The van der Waals surface area contributed by atoms with E-state index in [1.165, 1.54) is 0 Å². The second kappa shape index (κ2) is 7.64. The summed E-state index contributed by atoms with van der Waals surface area (Å²) in [5.74, 6) is -0.581. The van der Waals surface area contributed by atoms with Crippen molar-refractivity contribution in [3.05, 3.63) is 29.8 Å². The number of rotatable bonds is 8. The van der Waals surface area contributed by atoms with Crippen molar-refractivity contribution in [2.75, 3.05) is 25.2 Å². The van der Waals surface area contributed by atoms with Crippen molar-refractivity contribution < 1.29 is 27.5 Å². The maximum Gasteiger partial charge on any atom is 0.325 e. The van der Waals surface area contributed by atoms with Crippen LogP contribution in [0.15, 0.2) is 24.3 Å². The molecule has 0 saturated carbocycles. The van der Waals surface area contributed by atoms with Gasteiger partial charge in [0.2, 0.25) is 0 Å². The molecule has 1 N–H and O–H groups in total. The Labute approximate surface area is 146 Å². The highest BCUT2D eigenvalue weighted by molar-refractivity contribution is 7.90. The number of benzene rings is 1. The summed E-state index contributed by atoms with van der Waals surface area (Å²) < 4.78 is 27.7. The average molecular weight is 368 g/mol. The smallest absolute Gasteiger partial charge is 0.325 e. The van der Waals surface area contributed by atoms with Crippen molar-refractivity contribution in [3.8, 4) is 5.75 Å². The number of carbonyl (C=O) groups excluding carboxylic acids is 3. The summed E-state index contributed by atoms with van der Waals surface area (Å²) in [5.41, 5.74) is 0.351. The molecule has 1 fully saturated rings. The van der Waals surface area contributed by atoms with Crippen molar-refractivity contribution in [2.45, 2.75) is 19.4 Å². The highest BCUT2D eigenvalue weighted by atomic mass is 32.2. The second-order valence-electron chi connectivity index (χ2n) is 5.73. The zero-order chi connectivity index (χ0) is 18.6. The Morgan fingerprint density at radius 1 is 1.24 bits per heavy atom. The molecule has 1 atom stereocenters. The number of hydrogen-bond acceptors (Lipinski definition) is 6. The number of sulfone groups is 1. The summed E-state index contributed by atoms with van der Waals surface area (Å²) in [6.07, 6.45) is 1.04. The van der Waals surface area contributed by atoms with Gasteiger partial charge in [0.1, 0.15) is 21.6 Å². The number of carbonyl (C=O) groups is 3. The van der Waals surface area contributed by atoms with Crippen molar-refractivity contribution in [3.63, 3.8) is 0 Å². The van der Waals surface area contributed by atoms with Gasteiger partial charge in [0.15, 0.2) is 5.78 Å². The second-order valence-corrected chi connectivity index (χ2v) is 7.99. The summed E-state index contributed by atoms with van der Waals surface area (Å²) in [6.45, 7) is 1.95. The first-order valence-electron chi connectivity index (χ1n) is 7.77. The molecular formula is C16H20N2O6S. The Morgan fingerprint density at radius 3 is 2.44 bits per heavy atom. The van der Waals surface area contributed by atoms with Crippen LogP contribution in [0.5, 0.6) is 5.75 Å². The van der Waals surface area contributed by atoms with E-state index in [9.17, 15) is 22.8 Å². The van der Waals surface area contributed by atoms with Crippen molar-refractivity contribution in [1.82, 2.24) is 10.2 Å². The third-order valence-electron chi connectivity index (χ3n) is 3.67. The van der Waals surface area contributed by atoms with E-state index in [1.807, 2.05) is 6.92 Å². The lowest BCUT2D eigenvalue weighted by Gasteiger charge is -2.12. The maximum absolute atomic E-state index is 12.3. The van der Waals surface area contributed by atoms with E-state index in [0.29, 0.717) is 17.9 Å². The van der Waals surface area contributed by atoms with Crippen LogP contribution in [0.2, 0.25) is 0 Å². The van der Waals surface area contributed by atoms with Gasteiger partial charge in [-0.05, 0) is 37.6 Å². The van der Waals surface area contributed by atoms with Crippen LogP contribution < -0.4 is 10.1 Å². The van der Waals surface area contributed by atoms with Gasteiger partial charge in [0.25, 0.3) is 5.91 Å². The number of nitrogens with one attached hydrogen (secondary N) is 1. The first-order chi connectivity index (χ1) is 11.7. The van der Waals surface area contributed by atoms with Crippen LogP contribution in [0.1, 0.15) is 23.7 Å². The van der Waals surface area contributed by atoms with Crippen molar-refractivity contribution in [1.29, 1.82) is 0 Å². The third-order valence-corrected chi connectivity index (χ3v) is 4.65. The molecule has 1 heterocycles. The molecule has 0 radical (unpaired) electrons. The molecule has 1 aromatic carbocycles. The summed E-state index contributed by atoms with van der Waals surface area (Å²) in [7, 11) is -3.25. The molecule has 9 heteroatoms. The first-order valence-corrected chi connectivity index (χ1v) is 9.83. The fourth-order valence-electron chi connectivity index (χ4n) is 2.39. The molecule has 1 aromatic rings. The average Bonchev–Trinajstić information content (AvgIpc) is 2.81.